The van der Waals surface area contributed by atoms with Gasteiger partial charge >= 0.3 is 0 Å². The summed E-state index contributed by atoms with van der Waals surface area (Å²) in [7, 11) is 0. The van der Waals surface area contributed by atoms with Crippen molar-refractivity contribution in [3.63, 3.8) is 0 Å². The number of nitrogens with zero attached hydrogens (tertiary/aromatic N) is 1. The van der Waals surface area contributed by atoms with E-state index in [9.17, 15) is 5.26 Å². The van der Waals surface area contributed by atoms with Crippen LogP contribution in [-0.4, -0.2) is 0 Å². The van der Waals surface area contributed by atoms with Gasteiger partial charge in [0.2, 0.25) is 0 Å². The van der Waals surface area contributed by atoms with E-state index in [1.165, 1.54) is 43.2 Å². The minimum Gasteiger partial charge on any atom is -0.192 e. The van der Waals surface area contributed by atoms with Crippen LogP contribution in [0.1, 0.15) is 68.6 Å². The molecule has 2 saturated carbocycles. The second-order valence-corrected chi connectivity index (χ2v) is 8.45. The summed E-state index contributed by atoms with van der Waals surface area (Å²) in [6.45, 7) is 5.01. The molecule has 116 valence electrons. The third-order valence-electron chi connectivity index (χ3n) is 7.45. The number of benzene rings is 1. The molecule has 3 unspecified atom stereocenters. The highest BCUT2D eigenvalue weighted by Crippen LogP contribution is 2.62. The fraction of sp³-hybridized carbons (Fsp3) is 0.650. The fourth-order valence-corrected chi connectivity index (χ4v) is 6.24. The lowest BCUT2D eigenvalue weighted by molar-refractivity contribution is 0.0336. The summed E-state index contributed by atoms with van der Waals surface area (Å²) in [5.41, 5.74) is 4.00. The van der Waals surface area contributed by atoms with E-state index in [1.807, 2.05) is 6.07 Å². The van der Waals surface area contributed by atoms with Gasteiger partial charge in [-0.3, -0.25) is 0 Å². The van der Waals surface area contributed by atoms with E-state index >= 15 is 0 Å². The number of nitriles is 1. The molecule has 2 heteroatoms. The van der Waals surface area contributed by atoms with Crippen molar-refractivity contribution >= 4 is 11.6 Å². The van der Waals surface area contributed by atoms with Gasteiger partial charge in [0.15, 0.2) is 0 Å². The molecule has 4 rings (SSSR count). The van der Waals surface area contributed by atoms with E-state index in [2.05, 4.69) is 26.0 Å². The summed E-state index contributed by atoms with van der Waals surface area (Å²) in [5.74, 6) is 3.25. The molecule has 3 aliphatic carbocycles. The first-order chi connectivity index (χ1) is 10.6. The number of rotatable bonds is 0. The largest absolute Gasteiger partial charge is 0.192 e. The second-order valence-electron chi connectivity index (χ2n) is 8.04. The summed E-state index contributed by atoms with van der Waals surface area (Å²) in [6.07, 6.45) is 7.75. The zero-order valence-electron chi connectivity index (χ0n) is 13.5. The summed E-state index contributed by atoms with van der Waals surface area (Å²) < 4.78 is 0. The summed E-state index contributed by atoms with van der Waals surface area (Å²) in [6, 6.07) is 6.52. The highest BCUT2D eigenvalue weighted by atomic mass is 35.5. The first kappa shape index (κ1) is 14.6. The van der Waals surface area contributed by atoms with Crippen molar-refractivity contribution < 1.29 is 0 Å². The van der Waals surface area contributed by atoms with Crippen LogP contribution in [0.25, 0.3) is 0 Å². The molecule has 5 atom stereocenters. The van der Waals surface area contributed by atoms with Crippen LogP contribution in [0, 0.1) is 34.5 Å². The van der Waals surface area contributed by atoms with Gasteiger partial charge in [-0.1, -0.05) is 31.5 Å². The molecular weight excluding hydrogens is 290 g/mol. The molecule has 0 radical (unpaired) electrons. The van der Waals surface area contributed by atoms with Gasteiger partial charge in [0.05, 0.1) is 10.6 Å². The number of hydrogen-bond acceptors (Lipinski definition) is 1. The Morgan fingerprint density at radius 2 is 2.05 bits per heavy atom. The Bertz CT molecular complexity index is 658. The van der Waals surface area contributed by atoms with Crippen molar-refractivity contribution in [2.75, 3.05) is 0 Å². The average Bonchev–Trinajstić information content (AvgIpc) is 2.82. The summed E-state index contributed by atoms with van der Waals surface area (Å²) >= 11 is 6.24. The van der Waals surface area contributed by atoms with Gasteiger partial charge in [-0.2, -0.15) is 5.26 Å². The average molecular weight is 314 g/mol. The lowest BCUT2D eigenvalue weighted by atomic mass is 9.54. The second kappa shape index (κ2) is 5.00. The van der Waals surface area contributed by atoms with E-state index in [1.54, 1.807) is 0 Å². The summed E-state index contributed by atoms with van der Waals surface area (Å²) in [5, 5.41) is 10.1. The lowest BCUT2D eigenvalue weighted by Crippen LogP contribution is -2.41. The molecule has 22 heavy (non-hydrogen) atoms. The van der Waals surface area contributed by atoms with Gasteiger partial charge in [0.1, 0.15) is 6.07 Å². The molecular formula is C20H24ClN. The van der Waals surface area contributed by atoms with Crippen LogP contribution in [0.4, 0.5) is 0 Å². The van der Waals surface area contributed by atoms with Crippen molar-refractivity contribution in [1.82, 2.24) is 0 Å². The van der Waals surface area contributed by atoms with E-state index < -0.39 is 0 Å². The molecule has 0 heterocycles. The normalized spacial score (nSPS) is 39.5. The van der Waals surface area contributed by atoms with E-state index in [-0.39, 0.29) is 0 Å². The predicted octanol–water partition coefficient (Wildman–Crippen LogP) is 5.70. The standard InChI is InChI=1S/C20H24ClN/c1-12-3-7-18-16-5-4-14-13(6-8-19(21)17(14)11-22)15(16)9-10-20(12,18)2/h6,8,12,15-16,18H,3-5,7,9-10H2,1-2H3/t12-,15?,16?,18?,20+/m0/s1. The predicted molar refractivity (Wildman–Crippen MR) is 89.9 cm³/mol. The molecule has 1 nitrogen and oxygen atoms in total. The minimum absolute atomic E-state index is 0.559. The smallest absolute Gasteiger partial charge is 0.101 e. The molecule has 1 aromatic rings. The Morgan fingerprint density at radius 3 is 2.82 bits per heavy atom. The molecule has 0 spiro atoms. The molecule has 0 aliphatic heterocycles. The maximum atomic E-state index is 9.46. The zero-order chi connectivity index (χ0) is 15.5. The lowest BCUT2D eigenvalue weighted by Gasteiger charge is -2.50. The van der Waals surface area contributed by atoms with Gasteiger partial charge in [0, 0.05) is 0 Å². The van der Waals surface area contributed by atoms with Gasteiger partial charge < -0.3 is 0 Å². The minimum atomic E-state index is 0.559. The van der Waals surface area contributed by atoms with Crippen LogP contribution in [0.2, 0.25) is 5.02 Å². The molecule has 0 bridgehead atoms. The van der Waals surface area contributed by atoms with E-state index in [0.717, 1.165) is 29.7 Å². The maximum Gasteiger partial charge on any atom is 0.101 e. The van der Waals surface area contributed by atoms with Crippen molar-refractivity contribution in [2.24, 2.45) is 23.2 Å². The Morgan fingerprint density at radius 1 is 1.23 bits per heavy atom. The molecule has 2 fully saturated rings. The third-order valence-corrected chi connectivity index (χ3v) is 7.76. The number of halogens is 1. The molecule has 0 aromatic heterocycles. The molecule has 0 N–H and O–H groups in total. The van der Waals surface area contributed by atoms with Gasteiger partial charge in [-0.05, 0) is 84.8 Å². The van der Waals surface area contributed by atoms with Crippen molar-refractivity contribution in [2.45, 2.75) is 58.3 Å². The fourth-order valence-electron chi connectivity index (χ4n) is 6.02. The zero-order valence-corrected chi connectivity index (χ0v) is 14.3. The first-order valence-electron chi connectivity index (χ1n) is 8.77. The third kappa shape index (κ3) is 1.83. The van der Waals surface area contributed by atoms with Gasteiger partial charge in [-0.25, -0.2) is 0 Å². The van der Waals surface area contributed by atoms with Crippen LogP contribution in [0.3, 0.4) is 0 Å². The van der Waals surface area contributed by atoms with Crippen molar-refractivity contribution in [3.8, 4) is 6.07 Å². The van der Waals surface area contributed by atoms with Crippen LogP contribution >= 0.6 is 11.6 Å². The monoisotopic (exact) mass is 313 g/mol. The van der Waals surface area contributed by atoms with Crippen LogP contribution in [0.5, 0.6) is 0 Å². The SMILES string of the molecule is C[C@H]1CCC2C3CCc4c(ccc(Cl)c4C#N)C3CC[C@@]21C. The molecule has 3 aliphatic rings. The summed E-state index contributed by atoms with van der Waals surface area (Å²) in [4.78, 5) is 0. The van der Waals surface area contributed by atoms with Crippen LogP contribution in [0.15, 0.2) is 12.1 Å². The van der Waals surface area contributed by atoms with Gasteiger partial charge in [-0.15, -0.1) is 0 Å². The topological polar surface area (TPSA) is 23.8 Å². The highest BCUT2D eigenvalue weighted by Gasteiger charge is 2.53. The van der Waals surface area contributed by atoms with Crippen LogP contribution in [-0.2, 0) is 6.42 Å². The van der Waals surface area contributed by atoms with E-state index in [0.29, 0.717) is 16.4 Å². The molecule has 1 aromatic carbocycles. The van der Waals surface area contributed by atoms with Gasteiger partial charge in [0.25, 0.3) is 0 Å². The van der Waals surface area contributed by atoms with E-state index in [4.69, 9.17) is 11.6 Å². The van der Waals surface area contributed by atoms with Crippen molar-refractivity contribution in [1.29, 1.82) is 5.26 Å². The van der Waals surface area contributed by atoms with Crippen LogP contribution < -0.4 is 0 Å². The first-order valence-corrected chi connectivity index (χ1v) is 9.15. The quantitative estimate of drug-likeness (QED) is 0.602. The Kier molecular flexibility index (Phi) is 3.31. The molecule has 0 saturated heterocycles. The Balaban J connectivity index is 1.76. The number of fused-ring (bicyclic) bond motifs is 5. The number of hydrogen-bond donors (Lipinski definition) is 0. The highest BCUT2D eigenvalue weighted by molar-refractivity contribution is 6.31. The Labute approximate surface area is 138 Å². The Hall–Kier alpha value is -1.00. The molecule has 0 amide bonds. The van der Waals surface area contributed by atoms with Crippen molar-refractivity contribution in [3.05, 3.63) is 33.8 Å². The maximum absolute atomic E-state index is 9.46.